The quantitative estimate of drug-likeness (QED) is 0.860. The van der Waals surface area contributed by atoms with E-state index in [4.69, 9.17) is 4.42 Å². The lowest BCUT2D eigenvalue weighted by Crippen LogP contribution is -2.36. The van der Waals surface area contributed by atoms with Gasteiger partial charge < -0.3 is 14.4 Å². The van der Waals surface area contributed by atoms with Crippen molar-refractivity contribution in [1.29, 1.82) is 0 Å². The number of nitrogens with zero attached hydrogens (tertiary/aromatic N) is 3. The number of benzene rings is 1. The fourth-order valence-corrected chi connectivity index (χ4v) is 2.57. The molecule has 3 heterocycles. The second-order valence-electron chi connectivity index (χ2n) is 4.85. The third-order valence-electron chi connectivity index (χ3n) is 3.54. The molecule has 2 aromatic rings. The number of furan rings is 1. The van der Waals surface area contributed by atoms with Crippen molar-refractivity contribution in [3.8, 4) is 0 Å². The first kappa shape index (κ1) is 12.0. The Morgan fingerprint density at radius 1 is 1.24 bits per heavy atom. The van der Waals surface area contributed by atoms with Gasteiger partial charge in [0.2, 0.25) is 0 Å². The minimum atomic E-state index is 0.0596. The van der Waals surface area contributed by atoms with Crippen molar-refractivity contribution in [3.63, 3.8) is 0 Å². The van der Waals surface area contributed by atoms with Crippen molar-refractivity contribution in [1.82, 2.24) is 4.90 Å². The standard InChI is InChI=1S/C16H13N3O2/c20-13(14-6-3-9-21-14)10-15-18-12-5-2-1-4-11(12)16-17-7-8-19(15)16/h1-6,9-10,20H,7-8H2/b13-10-. The van der Waals surface area contributed by atoms with E-state index < -0.39 is 0 Å². The zero-order valence-corrected chi connectivity index (χ0v) is 11.2. The van der Waals surface area contributed by atoms with Gasteiger partial charge in [0.05, 0.1) is 18.5 Å². The molecule has 1 N–H and O–H groups in total. The van der Waals surface area contributed by atoms with Gasteiger partial charge in [0.1, 0.15) is 11.7 Å². The SMILES string of the molecule is O/C(=C\C1=Nc2ccccc2C2=NCCN12)c1ccco1. The molecule has 0 fully saturated rings. The number of rotatable bonds is 2. The van der Waals surface area contributed by atoms with Crippen LogP contribution in [0.2, 0.25) is 0 Å². The molecular formula is C16H13N3O2. The van der Waals surface area contributed by atoms with Gasteiger partial charge in [-0.05, 0) is 24.3 Å². The minimum Gasteiger partial charge on any atom is -0.504 e. The van der Waals surface area contributed by atoms with Crippen LogP contribution in [0.4, 0.5) is 5.69 Å². The lowest BCUT2D eigenvalue weighted by atomic mass is 10.1. The van der Waals surface area contributed by atoms with Crippen LogP contribution in [0, 0.1) is 0 Å². The highest BCUT2D eigenvalue weighted by Crippen LogP contribution is 2.29. The molecule has 0 radical (unpaired) electrons. The number of amidine groups is 2. The van der Waals surface area contributed by atoms with Crippen LogP contribution in [0.25, 0.3) is 5.76 Å². The van der Waals surface area contributed by atoms with Crippen LogP contribution < -0.4 is 0 Å². The number of aliphatic hydroxyl groups is 1. The number of aliphatic hydroxyl groups excluding tert-OH is 1. The van der Waals surface area contributed by atoms with E-state index in [9.17, 15) is 5.11 Å². The summed E-state index contributed by atoms with van der Waals surface area (Å²) in [5.41, 5.74) is 1.90. The highest BCUT2D eigenvalue weighted by molar-refractivity contribution is 6.19. The van der Waals surface area contributed by atoms with Gasteiger partial charge in [0.25, 0.3) is 0 Å². The number of hydrogen-bond donors (Lipinski definition) is 1. The van der Waals surface area contributed by atoms with Crippen LogP contribution >= 0.6 is 0 Å². The fraction of sp³-hybridized carbons (Fsp3) is 0.125. The van der Waals surface area contributed by atoms with Crippen molar-refractivity contribution in [3.05, 3.63) is 60.1 Å². The molecule has 4 rings (SSSR count). The van der Waals surface area contributed by atoms with Crippen molar-refractivity contribution in [2.45, 2.75) is 0 Å². The zero-order valence-electron chi connectivity index (χ0n) is 11.2. The second kappa shape index (κ2) is 4.63. The molecule has 0 atom stereocenters. The summed E-state index contributed by atoms with van der Waals surface area (Å²) in [5.74, 6) is 2.08. The lowest BCUT2D eigenvalue weighted by Gasteiger charge is -2.25. The van der Waals surface area contributed by atoms with Crippen molar-refractivity contribution >= 4 is 23.1 Å². The summed E-state index contributed by atoms with van der Waals surface area (Å²) in [6.45, 7) is 1.50. The Morgan fingerprint density at radius 3 is 3.00 bits per heavy atom. The van der Waals surface area contributed by atoms with Crippen LogP contribution in [0.15, 0.2) is 63.1 Å². The van der Waals surface area contributed by atoms with E-state index in [-0.39, 0.29) is 5.76 Å². The molecule has 0 bridgehead atoms. The van der Waals surface area contributed by atoms with Crippen LogP contribution in [-0.4, -0.2) is 34.8 Å². The predicted octanol–water partition coefficient (Wildman–Crippen LogP) is 2.98. The molecule has 0 saturated heterocycles. The fourth-order valence-electron chi connectivity index (χ4n) is 2.57. The molecule has 0 unspecified atom stereocenters. The molecule has 2 aliphatic heterocycles. The summed E-state index contributed by atoms with van der Waals surface area (Å²) in [6, 6.07) is 11.3. The van der Waals surface area contributed by atoms with Crippen LogP contribution in [0.1, 0.15) is 11.3 Å². The van der Waals surface area contributed by atoms with E-state index >= 15 is 0 Å². The van der Waals surface area contributed by atoms with E-state index in [1.807, 2.05) is 29.2 Å². The molecule has 0 amide bonds. The average Bonchev–Trinajstić information content (AvgIpc) is 3.19. The second-order valence-corrected chi connectivity index (χ2v) is 4.85. The van der Waals surface area contributed by atoms with Crippen LogP contribution in [0.3, 0.4) is 0 Å². The van der Waals surface area contributed by atoms with Crippen LogP contribution in [-0.2, 0) is 0 Å². The smallest absolute Gasteiger partial charge is 0.168 e. The van der Waals surface area contributed by atoms with Gasteiger partial charge in [0, 0.05) is 18.2 Å². The maximum Gasteiger partial charge on any atom is 0.168 e. The molecule has 0 aliphatic carbocycles. The lowest BCUT2D eigenvalue weighted by molar-refractivity contribution is 0.459. The summed E-state index contributed by atoms with van der Waals surface area (Å²) in [5, 5.41) is 10.1. The van der Waals surface area contributed by atoms with Crippen molar-refractivity contribution < 1.29 is 9.52 Å². The molecule has 5 heteroatoms. The number of aliphatic imine (C=N–C) groups is 2. The third-order valence-corrected chi connectivity index (χ3v) is 3.54. The van der Waals surface area contributed by atoms with E-state index in [0.29, 0.717) is 11.6 Å². The topological polar surface area (TPSA) is 61.3 Å². The molecule has 0 spiro atoms. The first-order valence-electron chi connectivity index (χ1n) is 6.77. The molecular weight excluding hydrogens is 266 g/mol. The van der Waals surface area contributed by atoms with Crippen molar-refractivity contribution in [2.75, 3.05) is 13.1 Å². The van der Waals surface area contributed by atoms with Gasteiger partial charge >= 0.3 is 0 Å². The molecule has 104 valence electrons. The highest BCUT2D eigenvalue weighted by Gasteiger charge is 2.28. The maximum absolute atomic E-state index is 10.1. The van der Waals surface area contributed by atoms with Gasteiger partial charge in [-0.15, -0.1) is 0 Å². The van der Waals surface area contributed by atoms with E-state index in [0.717, 1.165) is 30.2 Å². The molecule has 2 aliphatic rings. The minimum absolute atomic E-state index is 0.0596. The summed E-state index contributed by atoms with van der Waals surface area (Å²) in [6.07, 6.45) is 3.15. The number of para-hydroxylation sites is 1. The van der Waals surface area contributed by atoms with E-state index in [2.05, 4.69) is 9.98 Å². The maximum atomic E-state index is 10.1. The molecule has 5 nitrogen and oxygen atoms in total. The number of hydrogen-bond acceptors (Lipinski definition) is 5. The normalized spacial score (nSPS) is 17.1. The average molecular weight is 279 g/mol. The first-order chi connectivity index (χ1) is 10.3. The molecule has 1 aromatic carbocycles. The largest absolute Gasteiger partial charge is 0.504 e. The Hall–Kier alpha value is -2.82. The Balaban J connectivity index is 1.81. The summed E-state index contributed by atoms with van der Waals surface area (Å²) >= 11 is 0. The van der Waals surface area contributed by atoms with E-state index in [1.54, 1.807) is 18.2 Å². The highest BCUT2D eigenvalue weighted by atomic mass is 16.4. The van der Waals surface area contributed by atoms with Crippen LogP contribution in [0.5, 0.6) is 0 Å². The van der Waals surface area contributed by atoms with Gasteiger partial charge in [0.15, 0.2) is 11.5 Å². The Morgan fingerprint density at radius 2 is 2.14 bits per heavy atom. The van der Waals surface area contributed by atoms with Crippen molar-refractivity contribution in [2.24, 2.45) is 9.98 Å². The summed E-state index contributed by atoms with van der Waals surface area (Å²) in [4.78, 5) is 11.2. The Bertz CT molecular complexity index is 773. The zero-order chi connectivity index (χ0) is 14.2. The third kappa shape index (κ3) is 1.94. The van der Waals surface area contributed by atoms with Gasteiger partial charge in [-0.1, -0.05) is 12.1 Å². The van der Waals surface area contributed by atoms with Gasteiger partial charge in [-0.3, -0.25) is 4.99 Å². The summed E-state index contributed by atoms with van der Waals surface area (Å²) < 4.78 is 5.20. The first-order valence-corrected chi connectivity index (χ1v) is 6.77. The monoisotopic (exact) mass is 279 g/mol. The molecule has 0 saturated carbocycles. The predicted molar refractivity (Wildman–Crippen MR) is 81.0 cm³/mol. The van der Waals surface area contributed by atoms with Gasteiger partial charge in [-0.25, -0.2) is 4.99 Å². The Kier molecular flexibility index (Phi) is 2.64. The molecule has 21 heavy (non-hydrogen) atoms. The number of fused-ring (bicyclic) bond motifs is 3. The molecule has 1 aromatic heterocycles. The van der Waals surface area contributed by atoms with E-state index in [1.165, 1.54) is 6.26 Å². The Labute approximate surface area is 121 Å². The van der Waals surface area contributed by atoms with Gasteiger partial charge in [-0.2, -0.15) is 0 Å². The summed E-state index contributed by atoms with van der Waals surface area (Å²) in [7, 11) is 0.